The maximum absolute atomic E-state index is 11.3. The molecule has 16 heavy (non-hydrogen) atoms. The molecule has 0 heterocycles. The van der Waals surface area contributed by atoms with E-state index in [4.69, 9.17) is 5.11 Å². The van der Waals surface area contributed by atoms with Gasteiger partial charge in [0.25, 0.3) is 0 Å². The van der Waals surface area contributed by atoms with E-state index in [1.54, 1.807) is 0 Å². The van der Waals surface area contributed by atoms with Crippen LogP contribution in [0.2, 0.25) is 0 Å². The molecule has 0 fully saturated rings. The Morgan fingerprint density at radius 1 is 1.31 bits per heavy atom. The van der Waals surface area contributed by atoms with Crippen LogP contribution in [-0.4, -0.2) is 23.8 Å². The van der Waals surface area contributed by atoms with Gasteiger partial charge in [0.2, 0.25) is 5.78 Å². The third kappa shape index (κ3) is 3.00. The number of aldehydes is 1. The average molecular weight is 219 g/mol. The van der Waals surface area contributed by atoms with E-state index in [1.807, 2.05) is 31.2 Å². The van der Waals surface area contributed by atoms with Crippen molar-refractivity contribution in [2.24, 2.45) is 0 Å². The molecule has 0 aliphatic rings. The topological polar surface area (TPSA) is 54.4 Å². The van der Waals surface area contributed by atoms with Crippen molar-refractivity contribution in [2.75, 3.05) is 6.61 Å². The Balaban J connectivity index is 2.86. The average Bonchev–Trinajstić information content (AvgIpc) is 2.32. The quantitative estimate of drug-likeness (QED) is 0.580. The number of benzene rings is 1. The van der Waals surface area contributed by atoms with Gasteiger partial charge < -0.3 is 5.11 Å². The van der Waals surface area contributed by atoms with Crippen LogP contribution in [0.5, 0.6) is 0 Å². The Morgan fingerprint density at radius 2 is 1.94 bits per heavy atom. The molecule has 1 aromatic rings. The number of aliphatic hydroxyl groups is 1. The Bertz CT molecular complexity index is 354. The molecule has 0 saturated heterocycles. The summed E-state index contributed by atoms with van der Waals surface area (Å²) in [4.78, 5) is 21.8. The van der Waals surface area contributed by atoms with Crippen molar-refractivity contribution >= 4 is 12.1 Å². The third-order valence-electron chi connectivity index (χ3n) is 2.46. The lowest BCUT2D eigenvalue weighted by molar-refractivity contribution is -0.128. The van der Waals surface area contributed by atoms with Crippen LogP contribution >= 0.6 is 0 Å². The molecule has 0 spiro atoms. The summed E-state index contributed by atoms with van der Waals surface area (Å²) in [6.07, 6.45) is 1.49. The van der Waals surface area contributed by atoms with Gasteiger partial charge in [-0.25, -0.2) is 0 Å². The van der Waals surface area contributed by atoms with Gasteiger partial charge in [-0.1, -0.05) is 31.2 Å². The van der Waals surface area contributed by atoms with Crippen molar-refractivity contribution in [3.05, 3.63) is 41.3 Å². The van der Waals surface area contributed by atoms with E-state index in [1.165, 1.54) is 0 Å². The van der Waals surface area contributed by atoms with E-state index in [9.17, 15) is 9.59 Å². The second-order valence-corrected chi connectivity index (χ2v) is 3.48. The molecule has 1 N–H and O–H groups in total. The van der Waals surface area contributed by atoms with Crippen molar-refractivity contribution in [2.45, 2.75) is 19.8 Å². The van der Waals surface area contributed by atoms with E-state index in [0.717, 1.165) is 11.1 Å². The van der Waals surface area contributed by atoms with E-state index < -0.39 is 5.78 Å². The van der Waals surface area contributed by atoms with E-state index in [2.05, 4.69) is 0 Å². The van der Waals surface area contributed by atoms with Crippen molar-refractivity contribution in [1.29, 1.82) is 0 Å². The zero-order valence-corrected chi connectivity index (χ0v) is 9.27. The van der Waals surface area contributed by atoms with Gasteiger partial charge in [-0.05, 0) is 24.0 Å². The highest BCUT2D eigenvalue weighted by molar-refractivity contribution is 6.32. The van der Waals surface area contributed by atoms with Crippen LogP contribution in [-0.2, 0) is 16.0 Å². The minimum atomic E-state index is -0.461. The van der Waals surface area contributed by atoms with Gasteiger partial charge in [0.15, 0.2) is 6.29 Å². The molecule has 0 atom stereocenters. The summed E-state index contributed by atoms with van der Waals surface area (Å²) in [6.45, 7) is 1.95. The highest BCUT2D eigenvalue weighted by Crippen LogP contribution is 2.19. The summed E-state index contributed by atoms with van der Waals surface area (Å²) in [5, 5.41) is 8.76. The highest BCUT2D eigenvalue weighted by atomic mass is 16.3. The van der Waals surface area contributed by atoms with Crippen molar-refractivity contribution in [3.8, 4) is 0 Å². The summed E-state index contributed by atoms with van der Waals surface area (Å²) in [5.74, 6) is 0.0722. The molecule has 85 valence electrons. The minimum Gasteiger partial charge on any atom is -0.396 e. The summed E-state index contributed by atoms with van der Waals surface area (Å²) in [7, 11) is 0. The zero-order valence-electron chi connectivity index (χ0n) is 9.27. The molecular formula is C13H15O3. The fraction of sp³-hybridized carbons (Fsp3) is 0.308. The summed E-state index contributed by atoms with van der Waals surface area (Å²) in [6, 6.07) is 7.34. The molecule has 3 heteroatoms. The number of carbonyl (C=O) groups is 2. The Kier molecular flexibility index (Phi) is 4.86. The molecular weight excluding hydrogens is 204 g/mol. The summed E-state index contributed by atoms with van der Waals surface area (Å²) < 4.78 is 0. The van der Waals surface area contributed by atoms with Crippen molar-refractivity contribution < 1.29 is 14.7 Å². The predicted molar refractivity (Wildman–Crippen MR) is 60.9 cm³/mol. The summed E-state index contributed by atoms with van der Waals surface area (Å²) in [5.41, 5.74) is 1.79. The van der Waals surface area contributed by atoms with Crippen LogP contribution in [0.4, 0.5) is 0 Å². The molecule has 1 aromatic carbocycles. The Hall–Kier alpha value is -1.48. The number of aliphatic hydroxyl groups excluding tert-OH is 1. The highest BCUT2D eigenvalue weighted by Gasteiger charge is 2.18. The molecule has 0 aromatic heterocycles. The first-order valence-corrected chi connectivity index (χ1v) is 5.28. The molecule has 0 amide bonds. The van der Waals surface area contributed by atoms with E-state index in [0.29, 0.717) is 25.0 Å². The zero-order chi connectivity index (χ0) is 12.0. The second kappa shape index (κ2) is 6.18. The molecule has 0 unspecified atom stereocenters. The normalized spacial score (nSPS) is 10.4. The number of ketones is 1. The first-order valence-electron chi connectivity index (χ1n) is 5.28. The molecule has 0 saturated carbocycles. The number of hydrogen-bond acceptors (Lipinski definition) is 3. The standard InChI is InChI=1S/C13H15O3/c1-2-12(13(16)9-15)11-5-3-10(4-6-11)7-8-14/h3-6,9,14H,2,7-8H2,1H3. The maximum Gasteiger partial charge on any atom is 0.207 e. The maximum atomic E-state index is 11.3. The third-order valence-corrected chi connectivity index (χ3v) is 2.46. The van der Waals surface area contributed by atoms with Crippen LogP contribution < -0.4 is 0 Å². The number of Topliss-reactive ketones (excluding diaryl/α,β-unsaturated/α-hetero) is 1. The lowest BCUT2D eigenvalue weighted by atomic mass is 9.92. The lowest BCUT2D eigenvalue weighted by Gasteiger charge is -2.10. The second-order valence-electron chi connectivity index (χ2n) is 3.48. The van der Waals surface area contributed by atoms with Gasteiger partial charge in [-0.3, -0.25) is 9.59 Å². The molecule has 0 aliphatic heterocycles. The number of rotatable bonds is 6. The Labute approximate surface area is 95.1 Å². The predicted octanol–water partition coefficient (Wildman–Crippen LogP) is 1.32. The van der Waals surface area contributed by atoms with Gasteiger partial charge >= 0.3 is 0 Å². The first-order chi connectivity index (χ1) is 7.72. The van der Waals surface area contributed by atoms with Crippen LogP contribution in [0, 0.1) is 5.92 Å². The minimum absolute atomic E-state index is 0.108. The van der Waals surface area contributed by atoms with E-state index in [-0.39, 0.29) is 6.61 Å². The van der Waals surface area contributed by atoms with Gasteiger partial charge in [0, 0.05) is 6.61 Å². The molecule has 1 radical (unpaired) electrons. The first kappa shape index (κ1) is 12.6. The van der Waals surface area contributed by atoms with Crippen molar-refractivity contribution in [3.63, 3.8) is 0 Å². The molecule has 0 bridgehead atoms. The SMILES string of the molecule is CC[C](C(=O)C=O)c1ccc(CCO)cc1. The van der Waals surface area contributed by atoms with Crippen molar-refractivity contribution in [1.82, 2.24) is 0 Å². The number of carbonyl (C=O) groups excluding carboxylic acids is 2. The number of hydrogen-bond donors (Lipinski definition) is 1. The Morgan fingerprint density at radius 3 is 2.38 bits per heavy atom. The van der Waals surface area contributed by atoms with E-state index >= 15 is 0 Å². The van der Waals surface area contributed by atoms with Crippen LogP contribution in [0.25, 0.3) is 0 Å². The van der Waals surface area contributed by atoms with Gasteiger partial charge in [-0.15, -0.1) is 0 Å². The monoisotopic (exact) mass is 219 g/mol. The smallest absolute Gasteiger partial charge is 0.207 e. The summed E-state index contributed by atoms with van der Waals surface area (Å²) >= 11 is 0. The largest absolute Gasteiger partial charge is 0.396 e. The fourth-order valence-corrected chi connectivity index (χ4v) is 1.59. The molecule has 1 rings (SSSR count). The van der Waals surface area contributed by atoms with Gasteiger partial charge in [0.05, 0.1) is 5.92 Å². The molecule has 0 aliphatic carbocycles. The van der Waals surface area contributed by atoms with Crippen LogP contribution in [0.3, 0.4) is 0 Å². The molecule has 3 nitrogen and oxygen atoms in total. The lowest BCUT2D eigenvalue weighted by Crippen LogP contribution is -2.13. The van der Waals surface area contributed by atoms with Gasteiger partial charge in [-0.2, -0.15) is 0 Å². The van der Waals surface area contributed by atoms with Crippen LogP contribution in [0.1, 0.15) is 24.5 Å². The fourth-order valence-electron chi connectivity index (χ4n) is 1.59. The van der Waals surface area contributed by atoms with Gasteiger partial charge in [0.1, 0.15) is 0 Å². The van der Waals surface area contributed by atoms with Crippen LogP contribution in [0.15, 0.2) is 24.3 Å².